The quantitative estimate of drug-likeness (QED) is 0.929. The van der Waals surface area contributed by atoms with Crippen molar-refractivity contribution in [3.63, 3.8) is 0 Å². The minimum atomic E-state index is 0. The van der Waals surface area contributed by atoms with Gasteiger partial charge in [-0.15, -0.1) is 17.0 Å². The van der Waals surface area contributed by atoms with Gasteiger partial charge in [-0.2, -0.15) is 0 Å². The summed E-state index contributed by atoms with van der Waals surface area (Å²) in [7, 11) is 0. The van der Waals surface area contributed by atoms with Crippen molar-refractivity contribution in [3.8, 4) is 5.75 Å². The molecule has 1 aliphatic rings. The van der Waals surface area contributed by atoms with Crippen LogP contribution < -0.4 is 10.5 Å². The Bertz CT molecular complexity index is 406. The number of benzene rings is 1. The predicted octanol–water partition coefficient (Wildman–Crippen LogP) is 2.98. The molecule has 92 valence electrons. The highest BCUT2D eigenvalue weighted by Gasteiger charge is 2.05. The molecule has 0 saturated carbocycles. The molecule has 1 heterocycles. The first-order valence-electron chi connectivity index (χ1n) is 5.16. The number of halogens is 1. The molecule has 0 atom stereocenters. The molecule has 0 aliphatic carbocycles. The van der Waals surface area contributed by atoms with Crippen LogP contribution in [0.1, 0.15) is 6.42 Å². The van der Waals surface area contributed by atoms with E-state index in [-0.39, 0.29) is 17.0 Å². The van der Waals surface area contributed by atoms with Crippen LogP contribution in [0, 0.1) is 0 Å². The molecule has 0 radical (unpaired) electrons. The fourth-order valence-corrected chi connectivity index (χ4v) is 2.03. The fourth-order valence-electron chi connectivity index (χ4n) is 1.35. The molecule has 5 heteroatoms. The van der Waals surface area contributed by atoms with Gasteiger partial charge in [0, 0.05) is 18.4 Å². The van der Waals surface area contributed by atoms with Gasteiger partial charge in [0.15, 0.2) is 5.17 Å². The van der Waals surface area contributed by atoms with E-state index < -0.39 is 0 Å². The Balaban J connectivity index is 0.00000144. The number of para-hydroxylation sites is 1. The van der Waals surface area contributed by atoms with Gasteiger partial charge in [0.25, 0.3) is 0 Å². The van der Waals surface area contributed by atoms with Crippen LogP contribution in [-0.4, -0.2) is 17.5 Å². The lowest BCUT2D eigenvalue weighted by atomic mass is 10.2. The van der Waals surface area contributed by atoms with Crippen molar-refractivity contribution in [2.75, 3.05) is 12.4 Å². The summed E-state index contributed by atoms with van der Waals surface area (Å²) in [5, 5.41) is 0.646. The molecule has 2 N–H and O–H groups in total. The van der Waals surface area contributed by atoms with Gasteiger partial charge in [-0.25, -0.2) is 4.99 Å². The van der Waals surface area contributed by atoms with Gasteiger partial charge in [-0.1, -0.05) is 30.0 Å². The van der Waals surface area contributed by atoms with E-state index in [2.05, 4.69) is 4.99 Å². The average molecular weight is 315 g/mol. The van der Waals surface area contributed by atoms with E-state index in [9.17, 15) is 0 Å². The summed E-state index contributed by atoms with van der Waals surface area (Å²) in [4.78, 5) is 4.08. The van der Waals surface area contributed by atoms with Crippen LogP contribution >= 0.6 is 28.7 Å². The second-order valence-electron chi connectivity index (χ2n) is 3.45. The monoisotopic (exact) mass is 314 g/mol. The molecular weight excluding hydrogens is 300 g/mol. The van der Waals surface area contributed by atoms with E-state index in [4.69, 9.17) is 10.5 Å². The van der Waals surface area contributed by atoms with E-state index in [1.807, 2.05) is 36.5 Å². The third kappa shape index (κ3) is 4.83. The molecule has 3 nitrogen and oxygen atoms in total. The van der Waals surface area contributed by atoms with E-state index in [0.717, 1.165) is 17.9 Å². The van der Waals surface area contributed by atoms with Crippen LogP contribution in [0.25, 0.3) is 0 Å². The summed E-state index contributed by atoms with van der Waals surface area (Å²) in [6.45, 7) is 0.686. The van der Waals surface area contributed by atoms with E-state index in [1.54, 1.807) is 11.8 Å². The van der Waals surface area contributed by atoms with Crippen LogP contribution in [0.5, 0.6) is 5.75 Å². The fraction of sp³-hybridized carbons (Fsp3) is 0.250. The number of ether oxygens (including phenoxy) is 1. The molecule has 0 bridgehead atoms. The number of hydrogen-bond acceptors (Lipinski definition) is 4. The van der Waals surface area contributed by atoms with Crippen molar-refractivity contribution in [1.29, 1.82) is 0 Å². The maximum Gasteiger partial charge on any atom is 0.158 e. The molecule has 2 rings (SSSR count). The first-order chi connectivity index (χ1) is 7.84. The van der Waals surface area contributed by atoms with Gasteiger partial charge in [-0.3, -0.25) is 0 Å². The maximum absolute atomic E-state index is 5.61. The Labute approximate surface area is 116 Å². The largest absolute Gasteiger partial charge is 0.493 e. The van der Waals surface area contributed by atoms with Gasteiger partial charge in [0.1, 0.15) is 5.75 Å². The molecule has 17 heavy (non-hydrogen) atoms. The van der Waals surface area contributed by atoms with Gasteiger partial charge < -0.3 is 10.5 Å². The van der Waals surface area contributed by atoms with E-state index >= 15 is 0 Å². The van der Waals surface area contributed by atoms with E-state index in [1.165, 1.54) is 5.57 Å². The van der Waals surface area contributed by atoms with Crippen molar-refractivity contribution < 1.29 is 4.74 Å². The molecule has 0 aromatic heterocycles. The van der Waals surface area contributed by atoms with Crippen molar-refractivity contribution in [3.05, 3.63) is 42.1 Å². The topological polar surface area (TPSA) is 47.6 Å². The molecule has 1 aromatic carbocycles. The van der Waals surface area contributed by atoms with Gasteiger partial charge in [0.2, 0.25) is 0 Å². The summed E-state index contributed by atoms with van der Waals surface area (Å²) in [5.74, 6) is 1.84. The standard InChI is InChI=1S/C12H14N2OS.BrH/c13-12-14-8-10(9-16-12)6-7-15-11-4-2-1-3-5-11;/h1-5,8H,6-7,9H2,(H2,13,14);1H. The molecule has 1 aliphatic heterocycles. The minimum absolute atomic E-state index is 0. The lowest BCUT2D eigenvalue weighted by molar-refractivity contribution is 0.321. The van der Waals surface area contributed by atoms with Gasteiger partial charge in [-0.05, 0) is 17.7 Å². The zero-order valence-electron chi connectivity index (χ0n) is 9.33. The maximum atomic E-state index is 5.61. The Morgan fingerprint density at radius 3 is 2.71 bits per heavy atom. The SMILES string of the molecule is Br.NC1=NC=C(CCOc2ccccc2)CS1. The predicted molar refractivity (Wildman–Crippen MR) is 79.0 cm³/mol. The van der Waals surface area contributed by atoms with Crippen LogP contribution in [0.4, 0.5) is 0 Å². The number of nitrogens with two attached hydrogens (primary N) is 1. The summed E-state index contributed by atoms with van der Waals surface area (Å²) >= 11 is 1.58. The highest BCUT2D eigenvalue weighted by Crippen LogP contribution is 2.17. The second-order valence-corrected chi connectivity index (χ2v) is 4.45. The number of aliphatic imine (C=N–C) groups is 1. The highest BCUT2D eigenvalue weighted by molar-refractivity contribution is 8.93. The molecule has 1 aromatic rings. The molecule has 0 spiro atoms. The lowest BCUT2D eigenvalue weighted by Crippen LogP contribution is -2.11. The van der Waals surface area contributed by atoms with Crippen LogP contribution in [-0.2, 0) is 0 Å². The van der Waals surface area contributed by atoms with Crippen LogP contribution in [0.3, 0.4) is 0 Å². The zero-order valence-corrected chi connectivity index (χ0v) is 11.9. The number of thioether (sulfide) groups is 1. The first kappa shape index (κ1) is 14.1. The number of hydrogen-bond donors (Lipinski definition) is 1. The minimum Gasteiger partial charge on any atom is -0.493 e. The number of amidine groups is 1. The Kier molecular flexibility index (Phi) is 6.15. The highest BCUT2D eigenvalue weighted by atomic mass is 79.9. The molecule has 0 saturated heterocycles. The van der Waals surface area contributed by atoms with Crippen molar-refractivity contribution in [2.24, 2.45) is 10.7 Å². The van der Waals surface area contributed by atoms with Gasteiger partial charge in [0.05, 0.1) is 6.61 Å². The van der Waals surface area contributed by atoms with Crippen molar-refractivity contribution in [2.45, 2.75) is 6.42 Å². The van der Waals surface area contributed by atoms with Crippen LogP contribution in [0.15, 0.2) is 47.1 Å². The Morgan fingerprint density at radius 2 is 2.06 bits per heavy atom. The second kappa shape index (κ2) is 7.40. The number of rotatable bonds is 4. The molecule has 0 fully saturated rings. The summed E-state index contributed by atoms with van der Waals surface area (Å²) in [6, 6.07) is 9.83. The molecular formula is C12H15BrN2OS. The summed E-state index contributed by atoms with van der Waals surface area (Å²) < 4.78 is 5.61. The molecule has 0 unspecified atom stereocenters. The number of nitrogens with zero attached hydrogens (tertiary/aromatic N) is 1. The van der Waals surface area contributed by atoms with Gasteiger partial charge >= 0.3 is 0 Å². The first-order valence-corrected chi connectivity index (χ1v) is 6.15. The Hall–Kier alpha value is -0.940. The Morgan fingerprint density at radius 1 is 1.29 bits per heavy atom. The zero-order chi connectivity index (χ0) is 11.2. The summed E-state index contributed by atoms with van der Waals surface area (Å²) in [6.07, 6.45) is 2.75. The van der Waals surface area contributed by atoms with Crippen molar-refractivity contribution in [1.82, 2.24) is 0 Å². The average Bonchev–Trinajstić information content (AvgIpc) is 2.33. The third-order valence-corrected chi connectivity index (χ3v) is 3.13. The van der Waals surface area contributed by atoms with Crippen molar-refractivity contribution >= 4 is 33.9 Å². The smallest absolute Gasteiger partial charge is 0.158 e. The van der Waals surface area contributed by atoms with E-state index in [0.29, 0.717) is 11.8 Å². The van der Waals surface area contributed by atoms with Crippen LogP contribution in [0.2, 0.25) is 0 Å². The third-order valence-electron chi connectivity index (χ3n) is 2.21. The summed E-state index contributed by atoms with van der Waals surface area (Å²) in [5.41, 5.74) is 6.83. The molecule has 0 amide bonds. The normalized spacial score (nSPS) is 14.4. The lowest BCUT2D eigenvalue weighted by Gasteiger charge is -2.11.